The third-order valence-corrected chi connectivity index (χ3v) is 13.7. The van der Waals surface area contributed by atoms with Crippen LogP contribution in [0.5, 0.6) is 0 Å². The monoisotopic (exact) mass is 602 g/mol. The number of benzene rings is 5. The van der Waals surface area contributed by atoms with Gasteiger partial charge in [0.1, 0.15) is 6.10 Å². The summed E-state index contributed by atoms with van der Waals surface area (Å²) in [5.41, 5.74) is 1.40. The Kier molecular flexibility index (Phi) is 9.21. The smallest absolute Gasteiger partial charge is 0.343 e. The topological polar surface area (TPSA) is 44.8 Å². The molecular weight excluding hydrogens is 561 g/mol. The molecule has 1 unspecified atom stereocenters. The van der Waals surface area contributed by atoms with Crippen molar-refractivity contribution in [1.29, 1.82) is 0 Å². The maximum absolute atomic E-state index is 13.9. The van der Waals surface area contributed by atoms with Gasteiger partial charge in [0.25, 0.3) is 8.32 Å². The highest BCUT2D eigenvalue weighted by Crippen LogP contribution is 2.38. The van der Waals surface area contributed by atoms with Crippen LogP contribution in [0, 0.1) is 0 Å². The molecule has 0 aromatic heterocycles. The van der Waals surface area contributed by atoms with Crippen LogP contribution in [0.3, 0.4) is 0 Å². The second-order valence-electron chi connectivity index (χ2n) is 12.5. The van der Waals surface area contributed by atoms with E-state index in [1.54, 1.807) is 14.0 Å². The summed E-state index contributed by atoms with van der Waals surface area (Å²) in [5, 5.41) is 4.30. The highest BCUT2D eigenvalue weighted by atomic mass is 28.4. The Morgan fingerprint density at radius 3 is 1.86 bits per heavy atom. The van der Waals surface area contributed by atoms with Crippen LogP contribution in [0.2, 0.25) is 5.04 Å². The van der Waals surface area contributed by atoms with Crippen LogP contribution in [0.4, 0.5) is 0 Å². The van der Waals surface area contributed by atoms with Gasteiger partial charge in [-0.1, -0.05) is 148 Å². The normalized spacial score (nSPS) is 14.1. The SMILES string of the molecule is CO[C@](C)(C(=O)OC(C)c1ccccc1CO[Si](c1ccccc1)(c1ccccc1)C(C)(C)C)c1cccc2ccccc12. The van der Waals surface area contributed by atoms with Crippen molar-refractivity contribution >= 4 is 35.4 Å². The molecule has 0 radical (unpaired) electrons. The summed E-state index contributed by atoms with van der Waals surface area (Å²) in [6, 6.07) is 43.2. The second kappa shape index (κ2) is 12.9. The number of esters is 1. The van der Waals surface area contributed by atoms with Crippen molar-refractivity contribution in [1.82, 2.24) is 0 Å². The molecule has 0 N–H and O–H groups in total. The van der Waals surface area contributed by atoms with E-state index in [9.17, 15) is 4.79 Å². The van der Waals surface area contributed by atoms with Crippen LogP contribution in [0.15, 0.2) is 127 Å². The lowest BCUT2D eigenvalue weighted by molar-refractivity contribution is -0.173. The minimum Gasteiger partial charge on any atom is -0.455 e. The summed E-state index contributed by atoms with van der Waals surface area (Å²) < 4.78 is 19.3. The number of rotatable bonds is 10. The average molecular weight is 603 g/mol. The van der Waals surface area contributed by atoms with Crippen molar-refractivity contribution in [3.8, 4) is 0 Å². The van der Waals surface area contributed by atoms with E-state index in [1.165, 1.54) is 10.4 Å². The van der Waals surface area contributed by atoms with Gasteiger partial charge in [-0.15, -0.1) is 0 Å². The van der Waals surface area contributed by atoms with E-state index in [4.69, 9.17) is 13.9 Å². The van der Waals surface area contributed by atoms with Gasteiger partial charge in [0, 0.05) is 12.7 Å². The molecule has 2 atom stereocenters. The van der Waals surface area contributed by atoms with Crippen LogP contribution in [0.25, 0.3) is 10.8 Å². The van der Waals surface area contributed by atoms with Gasteiger partial charge in [-0.25, -0.2) is 4.79 Å². The first-order valence-corrected chi connectivity index (χ1v) is 17.1. The molecule has 0 bridgehead atoms. The van der Waals surface area contributed by atoms with Crippen molar-refractivity contribution in [2.24, 2.45) is 0 Å². The van der Waals surface area contributed by atoms with E-state index < -0.39 is 26.0 Å². The molecule has 0 aliphatic carbocycles. The predicted molar refractivity (Wildman–Crippen MR) is 182 cm³/mol. The summed E-state index contributed by atoms with van der Waals surface area (Å²) >= 11 is 0. The van der Waals surface area contributed by atoms with Gasteiger partial charge >= 0.3 is 5.97 Å². The molecule has 0 spiro atoms. The fourth-order valence-corrected chi connectivity index (χ4v) is 10.8. The summed E-state index contributed by atoms with van der Waals surface area (Å²) in [6.07, 6.45) is -0.522. The van der Waals surface area contributed by atoms with Crippen LogP contribution in [-0.4, -0.2) is 21.4 Å². The van der Waals surface area contributed by atoms with Gasteiger partial charge in [-0.3, -0.25) is 0 Å². The Morgan fingerprint density at radius 2 is 1.25 bits per heavy atom. The molecule has 4 nitrogen and oxygen atoms in total. The summed E-state index contributed by atoms with van der Waals surface area (Å²) in [5.74, 6) is -0.438. The molecule has 0 fully saturated rings. The lowest BCUT2D eigenvalue weighted by atomic mass is 9.90. The van der Waals surface area contributed by atoms with Crippen LogP contribution >= 0.6 is 0 Å². The highest BCUT2D eigenvalue weighted by Gasteiger charge is 2.50. The first-order chi connectivity index (χ1) is 21.1. The number of hydrogen-bond donors (Lipinski definition) is 0. The van der Waals surface area contributed by atoms with Gasteiger partial charge < -0.3 is 13.9 Å². The molecular formula is C39H42O4Si. The Labute approximate surface area is 262 Å². The Morgan fingerprint density at radius 1 is 0.705 bits per heavy atom. The molecule has 0 aliphatic rings. The van der Waals surface area contributed by atoms with E-state index in [-0.39, 0.29) is 5.04 Å². The van der Waals surface area contributed by atoms with Crippen LogP contribution in [-0.2, 0) is 30.9 Å². The first-order valence-electron chi connectivity index (χ1n) is 15.2. The largest absolute Gasteiger partial charge is 0.455 e. The van der Waals surface area contributed by atoms with Crippen molar-refractivity contribution in [2.75, 3.05) is 7.11 Å². The lowest BCUT2D eigenvalue weighted by Crippen LogP contribution is -2.66. The minimum absolute atomic E-state index is 0.151. The number of methoxy groups -OCH3 is 1. The van der Waals surface area contributed by atoms with E-state index in [0.717, 1.165) is 27.5 Å². The third-order valence-electron chi connectivity index (χ3n) is 8.74. The molecule has 5 heteroatoms. The van der Waals surface area contributed by atoms with Crippen LogP contribution < -0.4 is 10.4 Å². The number of hydrogen-bond acceptors (Lipinski definition) is 4. The van der Waals surface area contributed by atoms with E-state index in [0.29, 0.717) is 6.61 Å². The fourth-order valence-electron chi connectivity index (χ4n) is 6.29. The first kappa shape index (κ1) is 31.4. The van der Waals surface area contributed by atoms with Gasteiger partial charge in [0.05, 0.1) is 6.61 Å². The molecule has 0 heterocycles. The van der Waals surface area contributed by atoms with E-state index >= 15 is 0 Å². The average Bonchev–Trinajstić information content (AvgIpc) is 3.05. The zero-order valence-corrected chi connectivity index (χ0v) is 27.5. The Hall–Kier alpha value is -4.03. The molecule has 226 valence electrons. The zero-order chi connectivity index (χ0) is 31.4. The molecule has 44 heavy (non-hydrogen) atoms. The van der Waals surface area contributed by atoms with Gasteiger partial charge in [0.2, 0.25) is 0 Å². The molecule has 0 saturated heterocycles. The van der Waals surface area contributed by atoms with Crippen molar-refractivity contribution in [3.63, 3.8) is 0 Å². The Bertz CT molecular complexity index is 1670. The summed E-state index contributed by atoms with van der Waals surface area (Å²) in [4.78, 5) is 13.9. The quantitative estimate of drug-likeness (QED) is 0.120. The number of carbonyl (C=O) groups is 1. The number of fused-ring (bicyclic) bond motifs is 1. The zero-order valence-electron chi connectivity index (χ0n) is 26.5. The second-order valence-corrected chi connectivity index (χ2v) is 16.8. The maximum atomic E-state index is 13.9. The predicted octanol–water partition coefficient (Wildman–Crippen LogP) is 8.08. The number of ether oxygens (including phenoxy) is 2. The Balaban J connectivity index is 1.46. The third kappa shape index (κ3) is 5.88. The molecule has 5 aromatic carbocycles. The summed E-state index contributed by atoms with van der Waals surface area (Å²) in [6.45, 7) is 10.9. The van der Waals surface area contributed by atoms with Crippen molar-refractivity contribution in [3.05, 3.63) is 144 Å². The van der Waals surface area contributed by atoms with Crippen molar-refractivity contribution < 1.29 is 18.7 Å². The minimum atomic E-state index is -2.76. The van der Waals surface area contributed by atoms with E-state index in [1.807, 2.05) is 79.7 Å². The van der Waals surface area contributed by atoms with Crippen LogP contribution in [0.1, 0.15) is 57.4 Å². The maximum Gasteiger partial charge on any atom is 0.343 e. The molecule has 0 amide bonds. The van der Waals surface area contributed by atoms with Gasteiger partial charge in [0.15, 0.2) is 5.60 Å². The van der Waals surface area contributed by atoms with E-state index in [2.05, 4.69) is 75.4 Å². The highest BCUT2D eigenvalue weighted by molar-refractivity contribution is 6.99. The number of carbonyl (C=O) groups excluding carboxylic acids is 1. The molecule has 5 rings (SSSR count). The molecule has 0 saturated carbocycles. The van der Waals surface area contributed by atoms with Gasteiger partial charge in [-0.2, -0.15) is 0 Å². The van der Waals surface area contributed by atoms with Gasteiger partial charge in [-0.05, 0) is 51.2 Å². The molecule has 5 aromatic rings. The lowest BCUT2D eigenvalue weighted by Gasteiger charge is -2.43. The standard InChI is InChI=1S/C39H42O4Si/c1-29(43-37(40)39(5,41-6)36-27-17-20-30-18-13-16-26-35(30)36)34-25-15-14-19-31(34)28-42-44(38(2,3)4,32-21-9-7-10-22-32)33-23-11-8-12-24-33/h7-27,29H,28H2,1-6H3/t29?,39-/m0/s1. The molecule has 0 aliphatic heterocycles. The van der Waals surface area contributed by atoms with Crippen molar-refractivity contribution in [2.45, 2.75) is 58.0 Å². The summed E-state index contributed by atoms with van der Waals surface area (Å²) in [7, 11) is -1.20. The fraction of sp³-hybridized carbons (Fsp3) is 0.256.